The van der Waals surface area contributed by atoms with Crippen LogP contribution in [0.3, 0.4) is 0 Å². The number of amides is 1. The average molecular weight is 317 g/mol. The third-order valence-corrected chi connectivity index (χ3v) is 4.24. The van der Waals surface area contributed by atoms with E-state index in [4.69, 9.17) is 0 Å². The van der Waals surface area contributed by atoms with Gasteiger partial charge in [-0.2, -0.15) is 21.6 Å². The molecule has 8 heteroatoms. The van der Waals surface area contributed by atoms with E-state index in [-0.39, 0.29) is 6.42 Å². The van der Waals surface area contributed by atoms with Gasteiger partial charge in [0.2, 0.25) is 5.91 Å². The van der Waals surface area contributed by atoms with Gasteiger partial charge in [-0.05, 0) is 24.7 Å². The highest BCUT2D eigenvalue weighted by atomic mass is 32.2. The van der Waals surface area contributed by atoms with Crippen LogP contribution in [0.4, 0.5) is 13.2 Å². The number of carbonyl (C=O) groups is 1. The molecule has 1 N–H and O–H groups in total. The van der Waals surface area contributed by atoms with Gasteiger partial charge in [0.1, 0.15) is 0 Å². The molecule has 1 unspecified atom stereocenters. The quantitative estimate of drug-likeness (QED) is 0.748. The van der Waals surface area contributed by atoms with Gasteiger partial charge in [0.25, 0.3) is 0 Å². The van der Waals surface area contributed by atoms with Gasteiger partial charge in [0, 0.05) is 6.42 Å². The van der Waals surface area contributed by atoms with Crippen molar-refractivity contribution in [1.29, 1.82) is 0 Å². The van der Waals surface area contributed by atoms with E-state index in [1.165, 1.54) is 0 Å². The van der Waals surface area contributed by atoms with Gasteiger partial charge in [-0.1, -0.05) is 33.6 Å². The van der Waals surface area contributed by atoms with Crippen molar-refractivity contribution >= 4 is 15.9 Å². The Balaban J connectivity index is 4.25. The summed E-state index contributed by atoms with van der Waals surface area (Å²) < 4.78 is 58.6. The second-order valence-electron chi connectivity index (χ2n) is 5.16. The molecule has 0 rings (SSSR count). The summed E-state index contributed by atoms with van der Waals surface area (Å²) in [6.45, 7) is 6.14. The lowest BCUT2D eigenvalue weighted by Gasteiger charge is -2.19. The number of carbonyl (C=O) groups excluding carboxylic acids is 1. The number of halogens is 3. The first kappa shape index (κ1) is 19.2. The highest BCUT2D eigenvalue weighted by Crippen LogP contribution is 2.24. The largest absolute Gasteiger partial charge is 0.516 e. The SMILES string of the molecule is CCCC(CCCC(=O)NS(=O)(=O)C(F)(F)F)C(C)C. The number of sulfonamides is 1. The molecule has 0 aliphatic heterocycles. The predicted molar refractivity (Wildman–Crippen MR) is 70.2 cm³/mol. The summed E-state index contributed by atoms with van der Waals surface area (Å²) in [5.74, 6) is -0.287. The summed E-state index contributed by atoms with van der Waals surface area (Å²) in [6.07, 6.45) is 2.84. The van der Waals surface area contributed by atoms with Crippen molar-refractivity contribution in [2.45, 2.75) is 58.4 Å². The van der Waals surface area contributed by atoms with Crippen LogP contribution in [0.5, 0.6) is 0 Å². The van der Waals surface area contributed by atoms with Crippen molar-refractivity contribution in [1.82, 2.24) is 4.72 Å². The molecule has 120 valence electrons. The van der Waals surface area contributed by atoms with Crippen LogP contribution < -0.4 is 4.72 Å². The van der Waals surface area contributed by atoms with E-state index < -0.39 is 21.4 Å². The maximum atomic E-state index is 12.0. The molecule has 0 saturated heterocycles. The molecule has 0 spiro atoms. The Morgan fingerprint density at radius 3 is 2.15 bits per heavy atom. The Bertz CT molecular complexity index is 405. The zero-order valence-corrected chi connectivity index (χ0v) is 12.8. The fourth-order valence-electron chi connectivity index (χ4n) is 1.97. The molecular weight excluding hydrogens is 295 g/mol. The first-order valence-electron chi connectivity index (χ1n) is 6.63. The lowest BCUT2D eigenvalue weighted by atomic mass is 9.87. The molecule has 0 saturated carbocycles. The van der Waals surface area contributed by atoms with Crippen molar-refractivity contribution in [3.63, 3.8) is 0 Å². The molecule has 0 aromatic carbocycles. The Hall–Kier alpha value is -0.790. The van der Waals surface area contributed by atoms with Gasteiger partial charge in [-0.3, -0.25) is 4.79 Å². The van der Waals surface area contributed by atoms with E-state index in [0.29, 0.717) is 24.7 Å². The maximum Gasteiger partial charge on any atom is 0.516 e. The number of rotatable bonds is 8. The van der Waals surface area contributed by atoms with Crippen molar-refractivity contribution in [2.75, 3.05) is 0 Å². The monoisotopic (exact) mass is 317 g/mol. The second-order valence-corrected chi connectivity index (χ2v) is 6.83. The van der Waals surface area contributed by atoms with E-state index in [1.54, 1.807) is 0 Å². The van der Waals surface area contributed by atoms with Crippen LogP contribution in [-0.2, 0) is 14.8 Å². The molecule has 4 nitrogen and oxygen atoms in total. The molecule has 0 aliphatic rings. The summed E-state index contributed by atoms with van der Waals surface area (Å²) in [5.41, 5.74) is -5.45. The molecule has 0 aliphatic carbocycles. The molecule has 0 aromatic heterocycles. The average Bonchev–Trinajstić information content (AvgIpc) is 2.25. The molecule has 1 amide bonds. The summed E-state index contributed by atoms with van der Waals surface area (Å²) in [5, 5.41) is 0. The summed E-state index contributed by atoms with van der Waals surface area (Å²) in [7, 11) is -5.57. The van der Waals surface area contributed by atoms with Gasteiger partial charge in [0.05, 0.1) is 0 Å². The van der Waals surface area contributed by atoms with Crippen LogP contribution in [0.15, 0.2) is 0 Å². The first-order chi connectivity index (χ1) is 9.01. The lowest BCUT2D eigenvalue weighted by Crippen LogP contribution is -2.40. The normalized spacial score (nSPS) is 14.3. The molecule has 0 radical (unpaired) electrons. The van der Waals surface area contributed by atoms with Crippen LogP contribution >= 0.6 is 0 Å². The van der Waals surface area contributed by atoms with E-state index in [9.17, 15) is 26.4 Å². The zero-order chi connectivity index (χ0) is 16.0. The van der Waals surface area contributed by atoms with Crippen molar-refractivity contribution in [2.24, 2.45) is 11.8 Å². The number of alkyl halides is 3. The third kappa shape index (κ3) is 6.58. The zero-order valence-electron chi connectivity index (χ0n) is 12.0. The van der Waals surface area contributed by atoms with Gasteiger partial charge < -0.3 is 0 Å². The Morgan fingerprint density at radius 1 is 1.20 bits per heavy atom. The van der Waals surface area contributed by atoms with Crippen LogP contribution in [0.1, 0.15) is 52.9 Å². The van der Waals surface area contributed by atoms with Gasteiger partial charge >= 0.3 is 15.5 Å². The summed E-state index contributed by atoms with van der Waals surface area (Å²) in [4.78, 5) is 11.2. The minimum Gasteiger partial charge on any atom is -0.274 e. The Kier molecular flexibility index (Phi) is 7.54. The molecule has 0 heterocycles. The molecule has 0 fully saturated rings. The fraction of sp³-hybridized carbons (Fsp3) is 0.917. The second kappa shape index (κ2) is 7.85. The molecule has 0 bridgehead atoms. The van der Waals surface area contributed by atoms with Crippen molar-refractivity contribution in [3.8, 4) is 0 Å². The third-order valence-electron chi connectivity index (χ3n) is 3.13. The van der Waals surface area contributed by atoms with E-state index in [0.717, 1.165) is 17.6 Å². The Labute approximate surface area is 118 Å². The highest BCUT2D eigenvalue weighted by Gasteiger charge is 2.46. The van der Waals surface area contributed by atoms with Crippen LogP contribution in [-0.4, -0.2) is 19.8 Å². The van der Waals surface area contributed by atoms with Crippen molar-refractivity contribution < 1.29 is 26.4 Å². The Morgan fingerprint density at radius 2 is 1.75 bits per heavy atom. The van der Waals surface area contributed by atoms with Gasteiger partial charge in [-0.25, -0.2) is 4.72 Å². The predicted octanol–water partition coefficient (Wildman–Crippen LogP) is 3.19. The molecule has 20 heavy (non-hydrogen) atoms. The minimum absolute atomic E-state index is 0.220. The highest BCUT2D eigenvalue weighted by molar-refractivity contribution is 7.90. The summed E-state index contributed by atoms with van der Waals surface area (Å²) >= 11 is 0. The van der Waals surface area contributed by atoms with E-state index >= 15 is 0 Å². The smallest absolute Gasteiger partial charge is 0.274 e. The molecule has 0 aromatic rings. The molecule has 1 atom stereocenters. The van der Waals surface area contributed by atoms with Crippen LogP contribution in [0, 0.1) is 11.8 Å². The number of hydrogen-bond donors (Lipinski definition) is 1. The summed E-state index contributed by atoms with van der Waals surface area (Å²) in [6, 6.07) is 0. The van der Waals surface area contributed by atoms with Crippen LogP contribution in [0.2, 0.25) is 0 Å². The van der Waals surface area contributed by atoms with Crippen molar-refractivity contribution in [3.05, 3.63) is 0 Å². The standard InChI is InChI=1S/C12H22F3NO3S/c1-4-6-10(9(2)3)7-5-8-11(17)16-20(18,19)12(13,14)15/h9-10H,4-8H2,1-3H3,(H,16,17). The van der Waals surface area contributed by atoms with E-state index in [2.05, 4.69) is 13.8 Å². The topological polar surface area (TPSA) is 63.2 Å². The first-order valence-corrected chi connectivity index (χ1v) is 8.11. The minimum atomic E-state index is -5.57. The van der Waals surface area contributed by atoms with E-state index in [1.807, 2.05) is 6.92 Å². The maximum absolute atomic E-state index is 12.0. The van der Waals surface area contributed by atoms with Crippen LogP contribution in [0.25, 0.3) is 0 Å². The lowest BCUT2D eigenvalue weighted by molar-refractivity contribution is -0.120. The van der Waals surface area contributed by atoms with Gasteiger partial charge in [0.15, 0.2) is 0 Å². The number of hydrogen-bond acceptors (Lipinski definition) is 3. The molecular formula is C12H22F3NO3S. The fourth-order valence-corrected chi connectivity index (χ4v) is 2.48. The van der Waals surface area contributed by atoms with Gasteiger partial charge in [-0.15, -0.1) is 0 Å². The number of nitrogens with one attached hydrogen (secondary N) is 1.